The molecular formula is C11H19N. The van der Waals surface area contributed by atoms with Crippen LogP contribution >= 0.6 is 0 Å². The van der Waals surface area contributed by atoms with Gasteiger partial charge < -0.3 is 0 Å². The average molecular weight is 165 g/mol. The van der Waals surface area contributed by atoms with Crippen LogP contribution in [0.15, 0.2) is 0 Å². The highest BCUT2D eigenvalue weighted by Crippen LogP contribution is 2.61. The molecule has 0 radical (unpaired) electrons. The van der Waals surface area contributed by atoms with E-state index in [2.05, 4.69) is 11.8 Å². The molecule has 2 aliphatic heterocycles. The number of fused-ring (bicyclic) bond motifs is 1. The molecule has 1 nitrogen and oxygen atoms in total. The molecule has 2 saturated heterocycles. The van der Waals surface area contributed by atoms with Gasteiger partial charge in [0, 0.05) is 12.1 Å². The van der Waals surface area contributed by atoms with Crippen molar-refractivity contribution in [3.05, 3.63) is 0 Å². The molecule has 0 bridgehead atoms. The molecule has 2 heterocycles. The first-order chi connectivity index (χ1) is 5.79. The van der Waals surface area contributed by atoms with Gasteiger partial charge in [0.1, 0.15) is 0 Å². The Labute approximate surface area is 75.1 Å². The predicted octanol–water partition coefficient (Wildman–Crippen LogP) is 2.41. The Hall–Kier alpha value is -0.0400. The van der Waals surface area contributed by atoms with Crippen molar-refractivity contribution < 1.29 is 0 Å². The molecule has 12 heavy (non-hydrogen) atoms. The number of hydrogen-bond donors (Lipinski definition) is 0. The minimum atomic E-state index is 0.677. The zero-order valence-corrected chi connectivity index (χ0v) is 8.10. The summed E-state index contributed by atoms with van der Waals surface area (Å²) in [4.78, 5) is 2.81. The van der Waals surface area contributed by atoms with Crippen molar-refractivity contribution in [3.63, 3.8) is 0 Å². The van der Waals surface area contributed by atoms with Gasteiger partial charge in [0.2, 0.25) is 0 Å². The van der Waals surface area contributed by atoms with Crippen molar-refractivity contribution in [3.8, 4) is 0 Å². The summed E-state index contributed by atoms with van der Waals surface area (Å²) in [6.45, 7) is 5.23. The molecule has 0 aromatic heterocycles. The maximum atomic E-state index is 2.81. The van der Waals surface area contributed by atoms with Crippen molar-refractivity contribution in [2.45, 2.75) is 51.0 Å². The first kappa shape index (κ1) is 7.37. The largest absolute Gasteiger partial charge is 0.297 e. The number of nitrogens with zero attached hydrogens (tertiary/aromatic N) is 1. The van der Waals surface area contributed by atoms with Gasteiger partial charge in [-0.3, -0.25) is 4.90 Å². The zero-order valence-electron chi connectivity index (χ0n) is 8.10. The molecule has 1 spiro atoms. The molecule has 1 atom stereocenters. The highest BCUT2D eigenvalue weighted by atomic mass is 15.3. The molecule has 3 rings (SSSR count). The second kappa shape index (κ2) is 2.06. The molecule has 1 saturated carbocycles. The van der Waals surface area contributed by atoms with Gasteiger partial charge in [0.05, 0.1) is 0 Å². The molecule has 0 N–H and O–H groups in total. The van der Waals surface area contributed by atoms with Crippen LogP contribution in [0.25, 0.3) is 0 Å². The van der Waals surface area contributed by atoms with Crippen molar-refractivity contribution in [2.24, 2.45) is 5.41 Å². The van der Waals surface area contributed by atoms with E-state index in [1.165, 1.54) is 51.6 Å². The lowest BCUT2D eigenvalue weighted by molar-refractivity contribution is 0.189. The van der Waals surface area contributed by atoms with E-state index in [-0.39, 0.29) is 0 Å². The van der Waals surface area contributed by atoms with Gasteiger partial charge in [-0.15, -0.1) is 0 Å². The highest BCUT2D eigenvalue weighted by Gasteiger charge is 2.58. The summed E-state index contributed by atoms with van der Waals surface area (Å²) in [5, 5.41) is 0. The first-order valence-electron chi connectivity index (χ1n) is 5.54. The molecule has 68 valence electrons. The van der Waals surface area contributed by atoms with E-state index in [4.69, 9.17) is 0 Å². The minimum absolute atomic E-state index is 0.677. The fraction of sp³-hybridized carbons (Fsp3) is 1.00. The molecule has 3 aliphatic rings. The summed E-state index contributed by atoms with van der Waals surface area (Å²) < 4.78 is 0. The van der Waals surface area contributed by atoms with Crippen LogP contribution in [-0.2, 0) is 0 Å². The Morgan fingerprint density at radius 2 is 2.08 bits per heavy atom. The van der Waals surface area contributed by atoms with Gasteiger partial charge in [0.25, 0.3) is 0 Å². The fourth-order valence-electron chi connectivity index (χ4n) is 3.64. The molecule has 1 heteroatoms. The maximum Gasteiger partial charge on any atom is 0.0213 e. The second-order valence-electron chi connectivity index (χ2n) is 5.28. The third-order valence-corrected chi connectivity index (χ3v) is 4.59. The highest BCUT2D eigenvalue weighted by molar-refractivity contribution is 5.13. The van der Waals surface area contributed by atoms with E-state index in [0.29, 0.717) is 5.54 Å². The van der Waals surface area contributed by atoms with Crippen LogP contribution in [0.4, 0.5) is 0 Å². The summed E-state index contributed by atoms with van der Waals surface area (Å²) in [5.74, 6) is 0. The van der Waals surface area contributed by atoms with Gasteiger partial charge in [-0.05, 0) is 50.5 Å². The van der Waals surface area contributed by atoms with E-state index in [1.54, 1.807) is 0 Å². The van der Waals surface area contributed by atoms with Gasteiger partial charge in [-0.25, -0.2) is 0 Å². The van der Waals surface area contributed by atoms with Crippen molar-refractivity contribution in [2.75, 3.05) is 13.1 Å². The maximum absolute atomic E-state index is 2.81. The van der Waals surface area contributed by atoms with Crippen LogP contribution in [0.1, 0.15) is 45.4 Å². The second-order valence-corrected chi connectivity index (χ2v) is 5.28. The predicted molar refractivity (Wildman–Crippen MR) is 50.1 cm³/mol. The van der Waals surface area contributed by atoms with E-state index < -0.39 is 0 Å². The van der Waals surface area contributed by atoms with E-state index in [1.807, 2.05) is 0 Å². The van der Waals surface area contributed by atoms with Crippen LogP contribution in [0, 0.1) is 5.41 Å². The number of hydrogen-bond acceptors (Lipinski definition) is 1. The fourth-order valence-corrected chi connectivity index (χ4v) is 3.64. The summed E-state index contributed by atoms with van der Waals surface area (Å²) in [6.07, 6.45) is 8.96. The lowest BCUT2D eigenvalue weighted by Crippen LogP contribution is -2.37. The molecule has 0 amide bonds. The van der Waals surface area contributed by atoms with E-state index in [0.717, 1.165) is 5.41 Å². The van der Waals surface area contributed by atoms with Crippen LogP contribution in [0.3, 0.4) is 0 Å². The van der Waals surface area contributed by atoms with Gasteiger partial charge in [0.15, 0.2) is 0 Å². The summed E-state index contributed by atoms with van der Waals surface area (Å²) in [5.41, 5.74) is 1.51. The third kappa shape index (κ3) is 0.783. The normalized spacial score (nSPS) is 43.8. The van der Waals surface area contributed by atoms with E-state index in [9.17, 15) is 0 Å². The summed E-state index contributed by atoms with van der Waals surface area (Å²) in [6, 6.07) is 0. The molecule has 0 aromatic rings. The minimum Gasteiger partial charge on any atom is -0.297 e. The molecule has 1 aliphatic carbocycles. The quantitative estimate of drug-likeness (QED) is 0.577. The van der Waals surface area contributed by atoms with Crippen molar-refractivity contribution in [1.82, 2.24) is 4.90 Å². The lowest BCUT2D eigenvalue weighted by Gasteiger charge is -2.30. The van der Waals surface area contributed by atoms with Crippen molar-refractivity contribution >= 4 is 0 Å². The Balaban J connectivity index is 1.88. The SMILES string of the molecule is CC[C@@]12CCCN1CC1(CC1)C2. The molecular weight excluding hydrogens is 146 g/mol. The third-order valence-electron chi connectivity index (χ3n) is 4.59. The smallest absolute Gasteiger partial charge is 0.0213 e. The Kier molecular flexibility index (Phi) is 1.27. The van der Waals surface area contributed by atoms with E-state index >= 15 is 0 Å². The van der Waals surface area contributed by atoms with Gasteiger partial charge in [-0.2, -0.15) is 0 Å². The topological polar surface area (TPSA) is 3.24 Å². The summed E-state index contributed by atoms with van der Waals surface area (Å²) >= 11 is 0. The first-order valence-corrected chi connectivity index (χ1v) is 5.54. The average Bonchev–Trinajstić information content (AvgIpc) is 2.53. The zero-order chi connectivity index (χ0) is 8.23. The van der Waals surface area contributed by atoms with Crippen molar-refractivity contribution in [1.29, 1.82) is 0 Å². The van der Waals surface area contributed by atoms with Crippen LogP contribution < -0.4 is 0 Å². The summed E-state index contributed by atoms with van der Waals surface area (Å²) in [7, 11) is 0. The molecule has 0 unspecified atom stereocenters. The van der Waals surface area contributed by atoms with Crippen LogP contribution in [0.2, 0.25) is 0 Å². The van der Waals surface area contributed by atoms with Crippen LogP contribution in [-0.4, -0.2) is 23.5 Å². The Bertz CT molecular complexity index is 207. The van der Waals surface area contributed by atoms with Crippen LogP contribution in [0.5, 0.6) is 0 Å². The molecule has 0 aromatic carbocycles. The number of rotatable bonds is 1. The monoisotopic (exact) mass is 165 g/mol. The molecule has 3 fully saturated rings. The van der Waals surface area contributed by atoms with Gasteiger partial charge in [-0.1, -0.05) is 6.92 Å². The Morgan fingerprint density at radius 1 is 1.25 bits per heavy atom. The standard InChI is InChI=1S/C11H19N/c1-2-11-4-3-7-12(11)9-10(8-11)5-6-10/h2-9H2,1H3/t11-/m0/s1. The lowest BCUT2D eigenvalue weighted by atomic mass is 9.86. The van der Waals surface area contributed by atoms with Gasteiger partial charge >= 0.3 is 0 Å². The Morgan fingerprint density at radius 3 is 2.67 bits per heavy atom.